The molecule has 174 valence electrons. The van der Waals surface area contributed by atoms with E-state index in [4.69, 9.17) is 14.0 Å². The summed E-state index contributed by atoms with van der Waals surface area (Å²) in [6.07, 6.45) is 0.590. The summed E-state index contributed by atoms with van der Waals surface area (Å²) in [5, 5.41) is 16.3. The Kier molecular flexibility index (Phi) is 7.84. The lowest BCUT2D eigenvalue weighted by molar-refractivity contribution is -0.152. The predicted molar refractivity (Wildman–Crippen MR) is 122 cm³/mol. The number of aliphatic carboxylic acids is 1. The van der Waals surface area contributed by atoms with Crippen molar-refractivity contribution in [3.05, 3.63) is 72.0 Å². The summed E-state index contributed by atoms with van der Waals surface area (Å²) in [5.74, 6) is -1.32. The van der Waals surface area contributed by atoms with Crippen molar-refractivity contribution in [2.24, 2.45) is 5.41 Å². The van der Waals surface area contributed by atoms with E-state index in [0.717, 1.165) is 16.7 Å². The summed E-state index contributed by atoms with van der Waals surface area (Å²) < 4.78 is 15.1. The van der Waals surface area contributed by atoms with Gasteiger partial charge in [0.15, 0.2) is 0 Å². The monoisotopic (exact) mass is 452 g/mol. The third-order valence-corrected chi connectivity index (χ3v) is 5.48. The number of benzene rings is 2. The molecule has 0 saturated carbocycles. The molecule has 0 spiro atoms. The Balaban J connectivity index is 1.81. The average Bonchev–Trinajstić information content (AvgIpc) is 3.30. The zero-order valence-corrected chi connectivity index (χ0v) is 18.9. The molecule has 0 aliphatic heterocycles. The highest BCUT2D eigenvalue weighted by Gasteiger charge is 2.37. The highest BCUT2D eigenvalue weighted by Crippen LogP contribution is 2.27. The van der Waals surface area contributed by atoms with Crippen molar-refractivity contribution in [2.75, 3.05) is 20.8 Å². The van der Waals surface area contributed by atoms with Crippen molar-refractivity contribution >= 4 is 11.9 Å². The van der Waals surface area contributed by atoms with Crippen molar-refractivity contribution in [1.82, 2.24) is 10.5 Å². The highest BCUT2D eigenvalue weighted by atomic mass is 16.5. The fourth-order valence-electron chi connectivity index (χ4n) is 3.71. The van der Waals surface area contributed by atoms with Crippen molar-refractivity contribution < 1.29 is 28.7 Å². The molecular weight excluding hydrogens is 424 g/mol. The minimum Gasteiger partial charge on any atom is -0.481 e. The Bertz CT molecular complexity index is 1060. The first-order chi connectivity index (χ1) is 15.8. The number of carboxylic acids is 1. The molecule has 2 aromatic carbocycles. The Hall–Kier alpha value is -3.65. The second-order valence-electron chi connectivity index (χ2n) is 8.17. The number of rotatable bonds is 11. The van der Waals surface area contributed by atoms with Crippen LogP contribution in [-0.2, 0) is 16.0 Å². The van der Waals surface area contributed by atoms with Gasteiger partial charge in [-0.15, -0.1) is 0 Å². The normalized spacial score (nSPS) is 13.7. The first kappa shape index (κ1) is 24.0. The van der Waals surface area contributed by atoms with Gasteiger partial charge in [-0.2, -0.15) is 0 Å². The molecule has 2 atom stereocenters. The highest BCUT2D eigenvalue weighted by molar-refractivity contribution is 5.91. The van der Waals surface area contributed by atoms with Gasteiger partial charge in [0, 0.05) is 13.2 Å². The molecule has 1 amide bonds. The van der Waals surface area contributed by atoms with Gasteiger partial charge < -0.3 is 24.4 Å². The molecule has 1 heterocycles. The van der Waals surface area contributed by atoms with Gasteiger partial charge in [0.1, 0.15) is 0 Å². The SMILES string of the molecule is COC[C@](C)(C[C@@H](Cc1ccc(-c2ccccc2)cc1)NC(=O)c1cc(OC)no1)C(=O)O. The zero-order valence-electron chi connectivity index (χ0n) is 18.9. The van der Waals surface area contributed by atoms with E-state index in [1.165, 1.54) is 20.3 Å². The summed E-state index contributed by atoms with van der Waals surface area (Å²) >= 11 is 0. The molecule has 1 aromatic heterocycles. The summed E-state index contributed by atoms with van der Waals surface area (Å²) in [6, 6.07) is 18.9. The molecule has 2 N–H and O–H groups in total. The van der Waals surface area contributed by atoms with Gasteiger partial charge in [-0.3, -0.25) is 9.59 Å². The standard InChI is InChI=1S/C25H28N2O6/c1-25(16-31-2,24(29)30)15-20(26-23(28)21-14-22(32-3)27-33-21)13-17-9-11-19(12-10-17)18-7-5-4-6-8-18/h4-12,14,20H,13,15-16H2,1-3H3,(H,26,28)(H,29,30)/t20-,25+/m1/s1. The second-order valence-corrected chi connectivity index (χ2v) is 8.17. The topological polar surface area (TPSA) is 111 Å². The number of methoxy groups -OCH3 is 2. The number of carboxylic acid groups (broad SMARTS) is 1. The molecule has 0 aliphatic rings. The third kappa shape index (κ3) is 6.20. The molecule has 0 saturated heterocycles. The lowest BCUT2D eigenvalue weighted by Gasteiger charge is -2.29. The number of carbonyl (C=O) groups excluding carboxylic acids is 1. The number of carbonyl (C=O) groups is 2. The van der Waals surface area contributed by atoms with Crippen LogP contribution in [0, 0.1) is 5.41 Å². The summed E-state index contributed by atoms with van der Waals surface area (Å²) in [4.78, 5) is 24.7. The molecular formula is C25H28N2O6. The van der Waals surface area contributed by atoms with E-state index >= 15 is 0 Å². The Labute approximate surface area is 192 Å². The maximum Gasteiger partial charge on any atom is 0.311 e. The maximum absolute atomic E-state index is 12.7. The largest absolute Gasteiger partial charge is 0.481 e. The summed E-state index contributed by atoms with van der Waals surface area (Å²) in [6.45, 7) is 1.62. The zero-order chi connectivity index (χ0) is 23.8. The number of aromatic nitrogens is 1. The Morgan fingerprint density at radius 3 is 2.33 bits per heavy atom. The van der Waals surface area contributed by atoms with Gasteiger partial charge in [0.25, 0.3) is 11.8 Å². The molecule has 0 fully saturated rings. The van der Waals surface area contributed by atoms with Crippen LogP contribution in [0.5, 0.6) is 5.88 Å². The Morgan fingerprint density at radius 1 is 1.09 bits per heavy atom. The summed E-state index contributed by atoms with van der Waals surface area (Å²) in [7, 11) is 2.88. The Morgan fingerprint density at radius 2 is 1.76 bits per heavy atom. The molecule has 0 unspecified atom stereocenters. The smallest absolute Gasteiger partial charge is 0.311 e. The molecule has 0 radical (unpaired) electrons. The van der Waals surface area contributed by atoms with Crippen molar-refractivity contribution in [3.8, 4) is 17.0 Å². The minimum atomic E-state index is -1.18. The van der Waals surface area contributed by atoms with E-state index in [1.807, 2.05) is 54.6 Å². The number of hydrogen-bond donors (Lipinski definition) is 2. The second kappa shape index (κ2) is 10.8. The van der Waals surface area contributed by atoms with E-state index in [-0.39, 0.29) is 24.7 Å². The van der Waals surface area contributed by atoms with E-state index < -0.39 is 23.3 Å². The van der Waals surface area contributed by atoms with Crippen LogP contribution in [0.25, 0.3) is 11.1 Å². The van der Waals surface area contributed by atoms with E-state index in [0.29, 0.717) is 6.42 Å². The van der Waals surface area contributed by atoms with Gasteiger partial charge >= 0.3 is 5.97 Å². The number of nitrogens with one attached hydrogen (secondary N) is 1. The lowest BCUT2D eigenvalue weighted by atomic mass is 9.82. The van der Waals surface area contributed by atoms with Crippen LogP contribution >= 0.6 is 0 Å². The molecule has 33 heavy (non-hydrogen) atoms. The van der Waals surface area contributed by atoms with Gasteiger partial charge in [-0.25, -0.2) is 0 Å². The fraction of sp³-hybridized carbons (Fsp3) is 0.320. The van der Waals surface area contributed by atoms with Crippen LogP contribution in [0.1, 0.15) is 29.5 Å². The van der Waals surface area contributed by atoms with Crippen LogP contribution in [-0.4, -0.2) is 49.0 Å². The first-order valence-corrected chi connectivity index (χ1v) is 10.5. The van der Waals surface area contributed by atoms with Gasteiger partial charge in [-0.1, -0.05) is 54.6 Å². The molecule has 0 aliphatic carbocycles. The maximum atomic E-state index is 12.7. The van der Waals surface area contributed by atoms with Crippen LogP contribution in [0.15, 0.2) is 65.2 Å². The lowest BCUT2D eigenvalue weighted by Crippen LogP contribution is -2.44. The van der Waals surface area contributed by atoms with E-state index in [9.17, 15) is 14.7 Å². The van der Waals surface area contributed by atoms with Gasteiger partial charge in [0.2, 0.25) is 5.76 Å². The molecule has 3 aromatic rings. The molecule has 8 nitrogen and oxygen atoms in total. The van der Waals surface area contributed by atoms with Crippen LogP contribution < -0.4 is 10.1 Å². The van der Waals surface area contributed by atoms with E-state index in [2.05, 4.69) is 10.5 Å². The minimum absolute atomic E-state index is 0.0117. The number of amides is 1. The predicted octanol–water partition coefficient (Wildman–Crippen LogP) is 3.82. The molecule has 0 bridgehead atoms. The number of ether oxygens (including phenoxy) is 2. The van der Waals surface area contributed by atoms with Crippen LogP contribution in [0.4, 0.5) is 0 Å². The van der Waals surface area contributed by atoms with Crippen molar-refractivity contribution in [1.29, 1.82) is 0 Å². The number of hydrogen-bond acceptors (Lipinski definition) is 6. The van der Waals surface area contributed by atoms with E-state index in [1.54, 1.807) is 6.92 Å². The fourth-order valence-corrected chi connectivity index (χ4v) is 3.71. The van der Waals surface area contributed by atoms with Crippen molar-refractivity contribution in [3.63, 3.8) is 0 Å². The quantitative estimate of drug-likeness (QED) is 0.455. The van der Waals surface area contributed by atoms with Crippen LogP contribution in [0.2, 0.25) is 0 Å². The number of nitrogens with zero attached hydrogens (tertiary/aromatic N) is 1. The third-order valence-electron chi connectivity index (χ3n) is 5.48. The van der Waals surface area contributed by atoms with Crippen LogP contribution in [0.3, 0.4) is 0 Å². The molecule has 8 heteroatoms. The molecule has 3 rings (SSSR count). The van der Waals surface area contributed by atoms with Crippen molar-refractivity contribution in [2.45, 2.75) is 25.8 Å². The van der Waals surface area contributed by atoms with Gasteiger partial charge in [0.05, 0.1) is 25.2 Å². The average molecular weight is 453 g/mol. The summed E-state index contributed by atoms with van der Waals surface area (Å²) in [5.41, 5.74) is 1.95. The van der Waals surface area contributed by atoms with Gasteiger partial charge in [-0.05, 0) is 41.6 Å². The first-order valence-electron chi connectivity index (χ1n) is 10.5.